The Kier molecular flexibility index (Phi) is 5.07. The summed E-state index contributed by atoms with van der Waals surface area (Å²) in [5.74, 6) is -1.44. The van der Waals surface area contributed by atoms with E-state index in [9.17, 15) is 29.4 Å². The molecule has 128 valence electrons. The number of ether oxygens (including phenoxy) is 1. The van der Waals surface area contributed by atoms with Gasteiger partial charge in [-0.15, -0.1) is 0 Å². The van der Waals surface area contributed by atoms with Crippen LogP contribution in [0.2, 0.25) is 0 Å². The van der Waals surface area contributed by atoms with E-state index in [1.807, 2.05) is 0 Å². The quantitative estimate of drug-likeness (QED) is 0.352. The van der Waals surface area contributed by atoms with Gasteiger partial charge in [0.05, 0.1) is 17.9 Å². The zero-order chi connectivity index (χ0) is 17.4. The first-order valence-corrected chi connectivity index (χ1v) is 8.05. The number of aliphatic hydroxyl groups excluding tert-OH is 3. The highest BCUT2D eigenvalue weighted by molar-refractivity contribution is 7.53. The molecule has 1 aromatic carbocycles. The summed E-state index contributed by atoms with van der Waals surface area (Å²) in [6.07, 6.45) is -6.35. The minimum atomic E-state index is -5.12. The minimum Gasteiger partial charge on any atom is -0.478 e. The molecular formula is C12H16NO9P. The highest BCUT2D eigenvalue weighted by atomic mass is 31.2. The Balaban J connectivity index is 2.53. The van der Waals surface area contributed by atoms with Crippen molar-refractivity contribution >= 4 is 19.4 Å². The molecule has 1 heterocycles. The van der Waals surface area contributed by atoms with Crippen LogP contribution >= 0.6 is 7.75 Å². The summed E-state index contributed by atoms with van der Waals surface area (Å²) in [6.45, 7) is -0.690. The van der Waals surface area contributed by atoms with Crippen molar-refractivity contribution in [1.82, 2.24) is 0 Å². The summed E-state index contributed by atoms with van der Waals surface area (Å²) in [6, 6.07) is 4.98. The summed E-state index contributed by atoms with van der Waals surface area (Å²) in [5.41, 5.74) is -0.809. The third kappa shape index (κ3) is 3.38. The fourth-order valence-electron chi connectivity index (χ4n) is 2.36. The largest absolute Gasteiger partial charge is 0.478 e. The average Bonchev–Trinajstić information content (AvgIpc) is 2.74. The molecule has 1 unspecified atom stereocenters. The number of carbonyl (C=O) groups is 1. The number of carboxylic acid groups (broad SMARTS) is 1. The van der Waals surface area contributed by atoms with Crippen LogP contribution in [-0.4, -0.2) is 67.3 Å². The number of hydrogen-bond donors (Lipinski definition) is 6. The van der Waals surface area contributed by atoms with E-state index in [0.717, 1.165) is 12.1 Å². The molecule has 11 heteroatoms. The van der Waals surface area contributed by atoms with Gasteiger partial charge in [-0.2, -0.15) is 0 Å². The Labute approximate surface area is 130 Å². The first-order chi connectivity index (χ1) is 10.7. The highest BCUT2D eigenvalue weighted by Gasteiger charge is 2.50. The fraction of sp³-hybridized carbons (Fsp3) is 0.417. The van der Waals surface area contributed by atoms with Gasteiger partial charge in [0.2, 0.25) is 0 Å². The smallest absolute Gasteiger partial charge is 0.432 e. The van der Waals surface area contributed by atoms with Gasteiger partial charge in [0, 0.05) is 0 Å². The lowest BCUT2D eigenvalue weighted by Gasteiger charge is -2.33. The number of aliphatic hydroxyl groups is 3. The molecule has 0 spiro atoms. The molecule has 1 saturated heterocycles. The second-order valence-electron chi connectivity index (χ2n) is 4.91. The molecule has 0 radical (unpaired) electrons. The Hall–Kier alpha value is -1.52. The molecule has 1 aliphatic heterocycles. The molecule has 0 saturated carbocycles. The fourth-order valence-corrected chi connectivity index (χ4v) is 3.30. The lowest BCUT2D eigenvalue weighted by Crippen LogP contribution is -2.43. The maximum absolute atomic E-state index is 11.8. The van der Waals surface area contributed by atoms with E-state index >= 15 is 0 Å². The van der Waals surface area contributed by atoms with Crippen LogP contribution in [0.4, 0.5) is 5.69 Å². The molecule has 2 rings (SSSR count). The first-order valence-electron chi connectivity index (χ1n) is 6.48. The van der Waals surface area contributed by atoms with Crippen molar-refractivity contribution in [3.63, 3.8) is 0 Å². The number of hydrogen-bond acceptors (Lipinski definition) is 6. The number of para-hydroxylation sites is 1. The standard InChI is InChI=1S/C12H16NO9P/c14-5-8-9(15)10(16)11(22-8)13(23(19,20)21)7-4-2-1-3-6(7)12(17)18/h1-4,8-11,14-16H,5H2,(H,17,18)(H2,19,20,21)/t8-,9-,10-,11?/m1/s1. The van der Waals surface area contributed by atoms with Gasteiger partial charge in [0.1, 0.15) is 18.3 Å². The number of carboxylic acids is 1. The van der Waals surface area contributed by atoms with Crippen LogP contribution < -0.4 is 4.67 Å². The molecule has 4 atom stereocenters. The number of anilines is 1. The molecule has 1 aromatic rings. The van der Waals surface area contributed by atoms with Gasteiger partial charge >= 0.3 is 13.7 Å². The Morgan fingerprint density at radius 3 is 2.30 bits per heavy atom. The molecule has 0 aliphatic carbocycles. The van der Waals surface area contributed by atoms with E-state index in [0.29, 0.717) is 4.67 Å². The van der Waals surface area contributed by atoms with Gasteiger partial charge in [-0.1, -0.05) is 12.1 Å². The molecule has 10 nitrogen and oxygen atoms in total. The molecular weight excluding hydrogens is 333 g/mol. The summed E-state index contributed by atoms with van der Waals surface area (Å²) >= 11 is 0. The van der Waals surface area contributed by atoms with Crippen molar-refractivity contribution in [2.45, 2.75) is 24.5 Å². The van der Waals surface area contributed by atoms with E-state index in [2.05, 4.69) is 0 Å². The van der Waals surface area contributed by atoms with Gasteiger partial charge in [-0.3, -0.25) is 0 Å². The maximum atomic E-state index is 11.8. The molecule has 1 fully saturated rings. The Bertz CT molecular complexity index is 633. The number of rotatable bonds is 5. The van der Waals surface area contributed by atoms with Crippen LogP contribution in [0.1, 0.15) is 10.4 Å². The average molecular weight is 349 g/mol. The second kappa shape index (κ2) is 6.54. The monoisotopic (exact) mass is 349 g/mol. The number of benzene rings is 1. The summed E-state index contributed by atoms with van der Waals surface area (Å²) < 4.78 is 17.2. The van der Waals surface area contributed by atoms with Gasteiger partial charge in [0.25, 0.3) is 0 Å². The normalized spacial score (nSPS) is 27.9. The van der Waals surface area contributed by atoms with Crippen LogP contribution in [0.15, 0.2) is 24.3 Å². The van der Waals surface area contributed by atoms with Gasteiger partial charge < -0.3 is 34.9 Å². The van der Waals surface area contributed by atoms with Crippen molar-refractivity contribution in [3.8, 4) is 0 Å². The Morgan fingerprint density at radius 1 is 1.22 bits per heavy atom. The predicted molar refractivity (Wildman–Crippen MR) is 75.7 cm³/mol. The van der Waals surface area contributed by atoms with Gasteiger partial charge in [-0.05, 0) is 12.1 Å². The van der Waals surface area contributed by atoms with Crippen molar-refractivity contribution in [1.29, 1.82) is 0 Å². The van der Waals surface area contributed by atoms with Crippen molar-refractivity contribution < 1.29 is 44.3 Å². The number of aromatic carboxylic acids is 1. The van der Waals surface area contributed by atoms with Crippen LogP contribution in [-0.2, 0) is 9.30 Å². The molecule has 1 aliphatic rings. The van der Waals surface area contributed by atoms with Crippen LogP contribution in [0.25, 0.3) is 0 Å². The molecule has 0 aromatic heterocycles. The molecule has 6 N–H and O–H groups in total. The Morgan fingerprint density at radius 2 is 1.83 bits per heavy atom. The van der Waals surface area contributed by atoms with Crippen molar-refractivity contribution in [2.75, 3.05) is 11.3 Å². The second-order valence-corrected chi connectivity index (χ2v) is 6.37. The van der Waals surface area contributed by atoms with Gasteiger partial charge in [-0.25, -0.2) is 14.0 Å². The van der Waals surface area contributed by atoms with Crippen molar-refractivity contribution in [2.24, 2.45) is 0 Å². The first kappa shape index (κ1) is 17.8. The van der Waals surface area contributed by atoms with Crippen LogP contribution in [0.5, 0.6) is 0 Å². The van der Waals surface area contributed by atoms with Crippen LogP contribution in [0.3, 0.4) is 0 Å². The van der Waals surface area contributed by atoms with Gasteiger partial charge in [0.15, 0.2) is 6.23 Å². The highest BCUT2D eigenvalue weighted by Crippen LogP contribution is 2.49. The topological polar surface area (TPSA) is 168 Å². The lowest BCUT2D eigenvalue weighted by atomic mass is 10.1. The van der Waals surface area contributed by atoms with Crippen molar-refractivity contribution in [3.05, 3.63) is 29.8 Å². The maximum Gasteiger partial charge on any atom is 0.432 e. The molecule has 0 amide bonds. The zero-order valence-electron chi connectivity index (χ0n) is 11.6. The third-order valence-corrected chi connectivity index (χ3v) is 4.42. The van der Waals surface area contributed by atoms with E-state index in [1.165, 1.54) is 12.1 Å². The lowest BCUT2D eigenvalue weighted by molar-refractivity contribution is -0.0197. The molecule has 23 heavy (non-hydrogen) atoms. The minimum absolute atomic E-state index is 0.292. The number of nitrogens with zero attached hydrogens (tertiary/aromatic N) is 1. The van der Waals surface area contributed by atoms with E-state index in [4.69, 9.17) is 14.9 Å². The van der Waals surface area contributed by atoms with E-state index in [1.54, 1.807) is 0 Å². The summed E-state index contributed by atoms with van der Waals surface area (Å²) in [7, 11) is -5.12. The summed E-state index contributed by atoms with van der Waals surface area (Å²) in [5, 5.41) is 37.9. The summed E-state index contributed by atoms with van der Waals surface area (Å²) in [4.78, 5) is 30.4. The van der Waals surface area contributed by atoms with E-state index in [-0.39, 0.29) is 5.69 Å². The SMILES string of the molecule is O=C(O)c1ccccc1N(C1O[C@H](CO)[C@@H](O)[C@H]1O)P(=O)(O)O. The zero-order valence-corrected chi connectivity index (χ0v) is 12.5. The van der Waals surface area contributed by atoms with Crippen LogP contribution in [0, 0.1) is 0 Å². The van der Waals surface area contributed by atoms with E-state index < -0.39 is 50.4 Å². The predicted octanol–water partition coefficient (Wildman–Crippen LogP) is -1.28. The third-order valence-electron chi connectivity index (χ3n) is 3.42. The molecule has 0 bridgehead atoms.